The molecule has 14 heavy (non-hydrogen) atoms. The van der Waals surface area contributed by atoms with Gasteiger partial charge in [0.05, 0.1) is 0 Å². The fourth-order valence-electron chi connectivity index (χ4n) is 2.12. The molecule has 3 heteroatoms. The van der Waals surface area contributed by atoms with E-state index in [0.717, 1.165) is 25.2 Å². The lowest BCUT2D eigenvalue weighted by atomic mass is 10.3. The van der Waals surface area contributed by atoms with Gasteiger partial charge < -0.3 is 10.2 Å². The van der Waals surface area contributed by atoms with E-state index in [0.29, 0.717) is 6.42 Å². The van der Waals surface area contributed by atoms with E-state index in [2.05, 4.69) is 10.2 Å². The van der Waals surface area contributed by atoms with Crippen molar-refractivity contribution < 1.29 is 4.79 Å². The molecule has 0 spiro atoms. The number of hydrogen-bond donors (Lipinski definition) is 1. The van der Waals surface area contributed by atoms with Crippen molar-refractivity contribution in [3.05, 3.63) is 11.8 Å². The summed E-state index contributed by atoms with van der Waals surface area (Å²) in [6, 6.07) is 0. The van der Waals surface area contributed by atoms with Gasteiger partial charge in [0, 0.05) is 31.3 Å². The second-order valence-corrected chi connectivity index (χ2v) is 4.11. The van der Waals surface area contributed by atoms with Crippen LogP contribution in [-0.2, 0) is 4.79 Å². The molecule has 78 valence electrons. The lowest BCUT2D eigenvalue weighted by molar-refractivity contribution is -0.114. The predicted molar refractivity (Wildman–Crippen MR) is 56.0 cm³/mol. The van der Waals surface area contributed by atoms with E-state index in [9.17, 15) is 4.79 Å². The van der Waals surface area contributed by atoms with Gasteiger partial charge in [-0.2, -0.15) is 0 Å². The Kier molecular flexibility index (Phi) is 3.19. The molecule has 3 nitrogen and oxygen atoms in total. The standard InChI is InChI=1S/C11H18N2O/c14-11-4-3-10(9-11)12-5-8-13-6-1-2-7-13/h9,12H,1-8H2. The van der Waals surface area contributed by atoms with Crippen LogP contribution < -0.4 is 5.32 Å². The van der Waals surface area contributed by atoms with Crippen molar-refractivity contribution in [2.24, 2.45) is 0 Å². The quantitative estimate of drug-likeness (QED) is 0.722. The molecule has 2 rings (SSSR count). The molecule has 0 aromatic heterocycles. The molecule has 1 saturated heterocycles. The molecule has 2 aliphatic rings. The van der Waals surface area contributed by atoms with Crippen LogP contribution >= 0.6 is 0 Å². The van der Waals surface area contributed by atoms with Gasteiger partial charge in [0.15, 0.2) is 5.78 Å². The summed E-state index contributed by atoms with van der Waals surface area (Å²) in [6.45, 7) is 4.60. The van der Waals surface area contributed by atoms with Gasteiger partial charge in [0.25, 0.3) is 0 Å². The summed E-state index contributed by atoms with van der Waals surface area (Å²) in [5, 5.41) is 3.34. The molecule has 0 radical (unpaired) electrons. The van der Waals surface area contributed by atoms with Gasteiger partial charge in [0.1, 0.15) is 0 Å². The number of nitrogens with one attached hydrogen (secondary N) is 1. The van der Waals surface area contributed by atoms with Crippen molar-refractivity contribution in [2.45, 2.75) is 25.7 Å². The van der Waals surface area contributed by atoms with Crippen molar-refractivity contribution in [1.29, 1.82) is 0 Å². The maximum Gasteiger partial charge on any atom is 0.157 e. The van der Waals surface area contributed by atoms with E-state index >= 15 is 0 Å². The summed E-state index contributed by atoms with van der Waals surface area (Å²) in [5.74, 6) is 0.272. The molecule has 0 aromatic rings. The van der Waals surface area contributed by atoms with Crippen LogP contribution in [0.5, 0.6) is 0 Å². The minimum absolute atomic E-state index is 0.272. The van der Waals surface area contributed by atoms with Gasteiger partial charge in [-0.05, 0) is 32.4 Å². The van der Waals surface area contributed by atoms with E-state index < -0.39 is 0 Å². The van der Waals surface area contributed by atoms with Crippen LogP contribution in [0.3, 0.4) is 0 Å². The molecule has 0 unspecified atom stereocenters. The largest absolute Gasteiger partial charge is 0.387 e. The maximum atomic E-state index is 10.9. The number of likely N-dealkylation sites (tertiary alicyclic amines) is 1. The molecule has 1 fully saturated rings. The van der Waals surface area contributed by atoms with Crippen LogP contribution in [0.1, 0.15) is 25.7 Å². The average Bonchev–Trinajstić information content (AvgIpc) is 2.77. The van der Waals surface area contributed by atoms with Crippen LogP contribution in [0.25, 0.3) is 0 Å². The Morgan fingerprint density at radius 3 is 2.71 bits per heavy atom. The first-order valence-corrected chi connectivity index (χ1v) is 5.54. The van der Waals surface area contributed by atoms with Crippen molar-refractivity contribution in [3.63, 3.8) is 0 Å². The second kappa shape index (κ2) is 4.60. The van der Waals surface area contributed by atoms with E-state index in [4.69, 9.17) is 0 Å². The van der Waals surface area contributed by atoms with Crippen LogP contribution in [0.4, 0.5) is 0 Å². The number of ketones is 1. The Bertz CT molecular complexity index is 242. The zero-order chi connectivity index (χ0) is 9.80. The first kappa shape index (κ1) is 9.71. The van der Waals surface area contributed by atoms with Crippen LogP contribution in [0.2, 0.25) is 0 Å². The third-order valence-electron chi connectivity index (χ3n) is 2.95. The summed E-state index contributed by atoms with van der Waals surface area (Å²) in [7, 11) is 0. The van der Waals surface area contributed by atoms with Crippen LogP contribution in [0, 0.1) is 0 Å². The van der Waals surface area contributed by atoms with Crippen molar-refractivity contribution >= 4 is 5.78 Å². The topological polar surface area (TPSA) is 32.3 Å². The number of allylic oxidation sites excluding steroid dienone is 2. The molecule has 0 atom stereocenters. The van der Waals surface area contributed by atoms with Gasteiger partial charge in [-0.1, -0.05) is 0 Å². The Balaban J connectivity index is 1.62. The minimum Gasteiger partial charge on any atom is -0.387 e. The van der Waals surface area contributed by atoms with Gasteiger partial charge >= 0.3 is 0 Å². The molecular weight excluding hydrogens is 176 g/mol. The number of carbonyl (C=O) groups is 1. The Labute approximate surface area is 85.2 Å². The van der Waals surface area contributed by atoms with Crippen LogP contribution in [-0.4, -0.2) is 36.9 Å². The molecule has 1 aliphatic heterocycles. The molecule has 0 amide bonds. The highest BCUT2D eigenvalue weighted by Crippen LogP contribution is 2.11. The summed E-state index contributed by atoms with van der Waals surface area (Å²) in [5.41, 5.74) is 1.13. The van der Waals surface area contributed by atoms with E-state index in [1.165, 1.54) is 25.9 Å². The number of hydrogen-bond acceptors (Lipinski definition) is 3. The highest BCUT2D eigenvalue weighted by Gasteiger charge is 2.13. The van der Waals surface area contributed by atoms with Crippen molar-refractivity contribution in [2.75, 3.05) is 26.2 Å². The van der Waals surface area contributed by atoms with Crippen LogP contribution in [0.15, 0.2) is 11.8 Å². The lowest BCUT2D eigenvalue weighted by Crippen LogP contribution is -2.29. The SMILES string of the molecule is O=C1C=C(NCCN2CCCC2)CC1. The second-order valence-electron chi connectivity index (χ2n) is 4.11. The summed E-state index contributed by atoms with van der Waals surface area (Å²) >= 11 is 0. The Hall–Kier alpha value is -0.830. The predicted octanol–water partition coefficient (Wildman–Crippen LogP) is 0.919. The highest BCUT2D eigenvalue weighted by atomic mass is 16.1. The van der Waals surface area contributed by atoms with E-state index in [1.807, 2.05) is 0 Å². The first-order valence-electron chi connectivity index (χ1n) is 5.54. The molecular formula is C11H18N2O. The van der Waals surface area contributed by atoms with Gasteiger partial charge in [-0.25, -0.2) is 0 Å². The Morgan fingerprint density at radius 2 is 2.07 bits per heavy atom. The van der Waals surface area contributed by atoms with Gasteiger partial charge in [-0.15, -0.1) is 0 Å². The average molecular weight is 194 g/mol. The van der Waals surface area contributed by atoms with Crippen molar-refractivity contribution in [1.82, 2.24) is 10.2 Å². The molecule has 1 heterocycles. The Morgan fingerprint density at radius 1 is 1.29 bits per heavy atom. The zero-order valence-corrected chi connectivity index (χ0v) is 8.59. The molecule has 1 N–H and O–H groups in total. The summed E-state index contributed by atoms with van der Waals surface area (Å²) < 4.78 is 0. The molecule has 0 bridgehead atoms. The summed E-state index contributed by atoms with van der Waals surface area (Å²) in [4.78, 5) is 13.4. The van der Waals surface area contributed by atoms with Gasteiger partial charge in [0.2, 0.25) is 0 Å². The van der Waals surface area contributed by atoms with Gasteiger partial charge in [-0.3, -0.25) is 4.79 Å². The third kappa shape index (κ3) is 2.58. The maximum absolute atomic E-state index is 10.9. The third-order valence-corrected chi connectivity index (χ3v) is 2.95. The zero-order valence-electron chi connectivity index (χ0n) is 8.59. The molecule has 0 saturated carbocycles. The fraction of sp³-hybridized carbons (Fsp3) is 0.727. The highest BCUT2D eigenvalue weighted by molar-refractivity contribution is 5.92. The number of nitrogens with zero attached hydrogens (tertiary/aromatic N) is 1. The van der Waals surface area contributed by atoms with E-state index in [-0.39, 0.29) is 5.78 Å². The minimum atomic E-state index is 0.272. The number of rotatable bonds is 4. The number of carbonyl (C=O) groups excluding carboxylic acids is 1. The normalized spacial score (nSPS) is 22.9. The monoisotopic (exact) mass is 194 g/mol. The smallest absolute Gasteiger partial charge is 0.157 e. The molecule has 1 aliphatic carbocycles. The fourth-order valence-corrected chi connectivity index (χ4v) is 2.12. The summed E-state index contributed by atoms with van der Waals surface area (Å²) in [6.07, 6.45) is 6.07. The van der Waals surface area contributed by atoms with Crippen molar-refractivity contribution in [3.8, 4) is 0 Å². The van der Waals surface area contributed by atoms with E-state index in [1.54, 1.807) is 6.08 Å². The molecule has 0 aromatic carbocycles. The lowest BCUT2D eigenvalue weighted by Gasteiger charge is -2.15. The first-order chi connectivity index (χ1) is 6.84.